The van der Waals surface area contributed by atoms with Crippen molar-refractivity contribution in [3.63, 3.8) is 0 Å². The van der Waals surface area contributed by atoms with Gasteiger partial charge in [-0.15, -0.1) is 0 Å². The van der Waals surface area contributed by atoms with Gasteiger partial charge in [-0.3, -0.25) is 14.8 Å². The molecule has 2 aromatic carbocycles. The summed E-state index contributed by atoms with van der Waals surface area (Å²) in [5.74, 6) is 0.992. The molecule has 1 aliphatic rings. The molecule has 0 unspecified atom stereocenters. The number of amides is 1. The van der Waals surface area contributed by atoms with E-state index in [2.05, 4.69) is 9.55 Å². The summed E-state index contributed by atoms with van der Waals surface area (Å²) in [4.78, 5) is 27.0. The number of unbranched alkanes of at least 4 members (excludes halogenated alkanes) is 2. The number of aryl methyl sites for hydroxylation is 1. The maximum absolute atomic E-state index is 12.7. The molecule has 0 saturated heterocycles. The van der Waals surface area contributed by atoms with Crippen molar-refractivity contribution in [3.05, 3.63) is 46.8 Å². The van der Waals surface area contributed by atoms with Crippen LogP contribution in [0.5, 0.6) is 11.5 Å². The molecule has 2 aromatic heterocycles. The van der Waals surface area contributed by atoms with Crippen LogP contribution < -0.4 is 20.5 Å². The molecule has 1 amide bonds. The van der Waals surface area contributed by atoms with Gasteiger partial charge in [0.2, 0.25) is 12.7 Å². The van der Waals surface area contributed by atoms with Crippen molar-refractivity contribution in [2.24, 2.45) is 0 Å². The fourth-order valence-electron chi connectivity index (χ4n) is 4.23. The van der Waals surface area contributed by atoms with E-state index in [0.717, 1.165) is 46.7 Å². The Hall–Kier alpha value is -3.52. The molecule has 3 N–H and O–H groups in total. The van der Waals surface area contributed by atoms with Gasteiger partial charge >= 0.3 is 0 Å². The molecule has 5 rings (SSSR count). The third-order valence-corrected chi connectivity index (χ3v) is 5.63. The SMILES string of the molecule is O=C(CCCCCn1c2cc3c(cc2c2[nH]c(=O)c4ccccc4c21)OCO3)NO. The van der Waals surface area contributed by atoms with E-state index in [1.807, 2.05) is 36.4 Å². The van der Waals surface area contributed by atoms with Crippen molar-refractivity contribution >= 4 is 38.6 Å². The van der Waals surface area contributed by atoms with Crippen molar-refractivity contribution in [2.75, 3.05) is 6.79 Å². The maximum Gasteiger partial charge on any atom is 0.256 e. The van der Waals surface area contributed by atoms with Gasteiger partial charge < -0.3 is 19.0 Å². The standard InChI is InChI=1S/C22H21N3O5/c26-19(24-28)8-2-1-5-9-25-16-11-18-17(29-12-30-18)10-15(16)20-21(25)13-6-3-4-7-14(13)22(27)23-20/h3-4,6-7,10-11,28H,1-2,5,8-9,12H2,(H,23,27)(H,24,26). The lowest BCUT2D eigenvalue weighted by Crippen LogP contribution is -2.17. The topological polar surface area (TPSA) is 106 Å². The Kier molecular flexibility index (Phi) is 4.55. The number of fused-ring (bicyclic) bond motifs is 6. The first kappa shape index (κ1) is 18.5. The minimum absolute atomic E-state index is 0.121. The van der Waals surface area contributed by atoms with E-state index >= 15 is 0 Å². The minimum Gasteiger partial charge on any atom is -0.454 e. The summed E-state index contributed by atoms with van der Waals surface area (Å²) >= 11 is 0. The van der Waals surface area contributed by atoms with Crippen molar-refractivity contribution in [1.29, 1.82) is 0 Å². The van der Waals surface area contributed by atoms with Crippen molar-refractivity contribution in [2.45, 2.75) is 32.2 Å². The number of carbonyl (C=O) groups excluding carboxylic acids is 1. The van der Waals surface area contributed by atoms with E-state index in [1.165, 1.54) is 0 Å². The Balaban J connectivity index is 1.63. The molecule has 8 nitrogen and oxygen atoms in total. The molecule has 0 spiro atoms. The summed E-state index contributed by atoms with van der Waals surface area (Å²) in [6, 6.07) is 11.5. The summed E-state index contributed by atoms with van der Waals surface area (Å²) in [6.07, 6.45) is 2.66. The number of pyridine rings is 1. The molecule has 0 saturated carbocycles. The minimum atomic E-state index is -0.372. The number of ether oxygens (including phenoxy) is 2. The van der Waals surface area contributed by atoms with Gasteiger partial charge in [-0.1, -0.05) is 24.6 Å². The van der Waals surface area contributed by atoms with E-state index in [4.69, 9.17) is 14.7 Å². The Bertz CT molecular complexity index is 1340. The van der Waals surface area contributed by atoms with Crippen LogP contribution in [0.2, 0.25) is 0 Å². The Morgan fingerprint density at radius 3 is 2.63 bits per heavy atom. The van der Waals surface area contributed by atoms with Gasteiger partial charge in [0, 0.05) is 35.2 Å². The number of aromatic nitrogens is 2. The van der Waals surface area contributed by atoms with Crippen LogP contribution in [0.25, 0.3) is 32.7 Å². The van der Waals surface area contributed by atoms with E-state index in [9.17, 15) is 9.59 Å². The van der Waals surface area contributed by atoms with Crippen molar-refractivity contribution < 1.29 is 19.5 Å². The fourth-order valence-corrected chi connectivity index (χ4v) is 4.23. The van der Waals surface area contributed by atoms with E-state index in [-0.39, 0.29) is 18.3 Å². The second-order valence-electron chi connectivity index (χ2n) is 7.44. The molecule has 0 bridgehead atoms. The zero-order chi connectivity index (χ0) is 20.7. The van der Waals surface area contributed by atoms with Crippen molar-refractivity contribution in [1.82, 2.24) is 15.0 Å². The second kappa shape index (κ2) is 7.38. The Labute approximate surface area is 171 Å². The number of carbonyl (C=O) groups is 1. The number of aromatic amines is 1. The van der Waals surface area contributed by atoms with Crippen LogP contribution in [0.15, 0.2) is 41.2 Å². The first-order chi connectivity index (χ1) is 14.7. The zero-order valence-electron chi connectivity index (χ0n) is 16.2. The van der Waals surface area contributed by atoms with Gasteiger partial charge in [-0.05, 0) is 25.0 Å². The summed E-state index contributed by atoms with van der Waals surface area (Å²) < 4.78 is 13.3. The fraction of sp³-hybridized carbons (Fsp3) is 0.273. The number of hydroxylamine groups is 1. The van der Waals surface area contributed by atoms with Crippen molar-refractivity contribution in [3.8, 4) is 11.5 Å². The molecule has 0 atom stereocenters. The zero-order valence-corrected chi connectivity index (χ0v) is 16.2. The molecule has 0 fully saturated rings. The Morgan fingerprint density at radius 1 is 1.07 bits per heavy atom. The van der Waals surface area contributed by atoms with Gasteiger partial charge in [0.15, 0.2) is 11.5 Å². The van der Waals surface area contributed by atoms with Gasteiger partial charge in [0.1, 0.15) is 0 Å². The third-order valence-electron chi connectivity index (χ3n) is 5.63. The van der Waals surface area contributed by atoms with E-state index in [1.54, 1.807) is 5.48 Å². The molecule has 4 aromatic rings. The third kappa shape index (κ3) is 2.96. The predicted molar refractivity (Wildman–Crippen MR) is 112 cm³/mol. The summed E-state index contributed by atoms with van der Waals surface area (Å²) in [5, 5.41) is 11.1. The predicted octanol–water partition coefficient (Wildman–Crippen LogP) is 3.43. The number of H-pyrrole nitrogens is 1. The number of rotatable bonds is 6. The van der Waals surface area contributed by atoms with Gasteiger partial charge in [-0.25, -0.2) is 5.48 Å². The van der Waals surface area contributed by atoms with Crippen LogP contribution >= 0.6 is 0 Å². The van der Waals surface area contributed by atoms with Gasteiger partial charge in [0.05, 0.1) is 16.6 Å². The van der Waals surface area contributed by atoms with E-state index in [0.29, 0.717) is 29.7 Å². The normalized spacial score (nSPS) is 12.8. The highest BCUT2D eigenvalue weighted by Gasteiger charge is 2.21. The quantitative estimate of drug-likeness (QED) is 0.258. The first-order valence-electron chi connectivity index (χ1n) is 9.97. The smallest absolute Gasteiger partial charge is 0.256 e. The monoisotopic (exact) mass is 407 g/mol. The molecule has 1 aliphatic heterocycles. The molecule has 0 radical (unpaired) electrons. The highest BCUT2D eigenvalue weighted by Crippen LogP contribution is 2.40. The molecule has 30 heavy (non-hydrogen) atoms. The first-order valence-corrected chi connectivity index (χ1v) is 9.97. The number of hydrogen-bond acceptors (Lipinski definition) is 5. The van der Waals surface area contributed by atoms with Gasteiger partial charge in [0.25, 0.3) is 5.56 Å². The Morgan fingerprint density at radius 2 is 1.83 bits per heavy atom. The maximum atomic E-state index is 12.7. The van der Waals surface area contributed by atoms with Crippen LogP contribution in [0, 0.1) is 0 Å². The highest BCUT2D eigenvalue weighted by molar-refractivity contribution is 6.16. The molecule has 154 valence electrons. The summed E-state index contributed by atoms with van der Waals surface area (Å²) in [7, 11) is 0. The summed E-state index contributed by atoms with van der Waals surface area (Å²) in [6.45, 7) is 0.905. The second-order valence-corrected chi connectivity index (χ2v) is 7.44. The lowest BCUT2D eigenvalue weighted by molar-refractivity contribution is -0.129. The number of benzene rings is 2. The largest absolute Gasteiger partial charge is 0.454 e. The lowest BCUT2D eigenvalue weighted by Gasteiger charge is -2.09. The molecule has 8 heteroatoms. The number of nitrogens with one attached hydrogen (secondary N) is 2. The number of nitrogens with zero attached hydrogens (tertiary/aromatic N) is 1. The molecular formula is C22H21N3O5. The van der Waals surface area contributed by atoms with Gasteiger partial charge in [-0.2, -0.15) is 0 Å². The molecular weight excluding hydrogens is 386 g/mol. The lowest BCUT2D eigenvalue weighted by atomic mass is 10.1. The average molecular weight is 407 g/mol. The van der Waals surface area contributed by atoms with Crippen LogP contribution in [0.3, 0.4) is 0 Å². The highest BCUT2D eigenvalue weighted by atomic mass is 16.7. The van der Waals surface area contributed by atoms with E-state index < -0.39 is 0 Å². The average Bonchev–Trinajstić information content (AvgIpc) is 3.34. The molecule has 3 heterocycles. The van der Waals surface area contributed by atoms with Crippen LogP contribution in [0.4, 0.5) is 0 Å². The molecule has 0 aliphatic carbocycles. The van der Waals surface area contributed by atoms with Crippen LogP contribution in [-0.2, 0) is 11.3 Å². The van der Waals surface area contributed by atoms with Crippen LogP contribution in [0.1, 0.15) is 25.7 Å². The van der Waals surface area contributed by atoms with Crippen LogP contribution in [-0.4, -0.2) is 27.5 Å². The number of hydrogen-bond donors (Lipinski definition) is 3. The summed E-state index contributed by atoms with van der Waals surface area (Å²) in [5.41, 5.74) is 4.26.